The molecule has 3 nitrogen and oxygen atoms in total. The zero-order valence-electron chi connectivity index (χ0n) is 10.4. The van der Waals surface area contributed by atoms with Gasteiger partial charge in [-0.1, -0.05) is 19.1 Å². The summed E-state index contributed by atoms with van der Waals surface area (Å²) in [7, 11) is 0. The lowest BCUT2D eigenvalue weighted by Gasteiger charge is -2.42. The Balaban J connectivity index is 1.84. The molecule has 18 heavy (non-hydrogen) atoms. The number of amides is 1. The second kappa shape index (κ2) is 4.35. The van der Waals surface area contributed by atoms with Gasteiger partial charge in [0.25, 0.3) is 0 Å². The lowest BCUT2D eigenvalue weighted by atomic mass is 9.80. The second-order valence-electron chi connectivity index (χ2n) is 5.37. The highest BCUT2D eigenvalue weighted by Crippen LogP contribution is 2.37. The number of halogens is 1. The minimum atomic E-state index is -0.254. The zero-order chi connectivity index (χ0) is 12.7. The average Bonchev–Trinajstić information content (AvgIpc) is 2.67. The fourth-order valence-corrected chi connectivity index (χ4v) is 2.97. The molecular formula is C14H17FN2O. The predicted octanol–water partition coefficient (Wildman–Crippen LogP) is 2.05. The Labute approximate surface area is 106 Å². The van der Waals surface area contributed by atoms with Gasteiger partial charge < -0.3 is 4.90 Å². The highest BCUT2D eigenvalue weighted by atomic mass is 19.1. The first-order chi connectivity index (χ1) is 8.65. The summed E-state index contributed by atoms with van der Waals surface area (Å²) in [5.74, 6) is 0.563. The van der Waals surface area contributed by atoms with E-state index >= 15 is 0 Å². The van der Waals surface area contributed by atoms with Gasteiger partial charge in [0.1, 0.15) is 12.0 Å². The molecule has 1 aromatic rings. The minimum Gasteiger partial charge on any atom is -0.319 e. The molecule has 0 radical (unpaired) electrons. The van der Waals surface area contributed by atoms with Crippen LogP contribution in [-0.4, -0.2) is 23.4 Å². The summed E-state index contributed by atoms with van der Waals surface area (Å²) in [6.07, 6.45) is 1.95. The van der Waals surface area contributed by atoms with Crippen LogP contribution in [0.4, 0.5) is 4.39 Å². The molecule has 1 unspecified atom stereocenters. The quantitative estimate of drug-likeness (QED) is 0.868. The van der Waals surface area contributed by atoms with Crippen molar-refractivity contribution in [2.24, 2.45) is 5.92 Å². The highest BCUT2D eigenvalue weighted by Gasteiger charge is 2.41. The van der Waals surface area contributed by atoms with Gasteiger partial charge in [-0.25, -0.2) is 4.39 Å². The molecule has 1 saturated carbocycles. The molecule has 1 amide bonds. The minimum absolute atomic E-state index is 0.126. The van der Waals surface area contributed by atoms with Gasteiger partial charge in [-0.05, 0) is 36.5 Å². The number of carbonyl (C=O) groups excluding carboxylic acids is 1. The van der Waals surface area contributed by atoms with E-state index in [1.807, 2.05) is 11.0 Å². The van der Waals surface area contributed by atoms with Gasteiger partial charge in [0.15, 0.2) is 0 Å². The van der Waals surface area contributed by atoms with Crippen LogP contribution in [0, 0.1) is 11.7 Å². The van der Waals surface area contributed by atoms with Crippen LogP contribution in [-0.2, 0) is 4.79 Å². The smallest absolute Gasteiger partial charge is 0.238 e. The van der Waals surface area contributed by atoms with Crippen LogP contribution in [0.15, 0.2) is 24.3 Å². The predicted molar refractivity (Wildman–Crippen MR) is 66.2 cm³/mol. The third-order valence-corrected chi connectivity index (χ3v) is 3.92. The number of hydrogen-bond donors (Lipinski definition) is 1. The number of benzene rings is 1. The fraction of sp³-hybridized carbons (Fsp3) is 0.500. The van der Waals surface area contributed by atoms with Crippen molar-refractivity contribution in [3.05, 3.63) is 35.6 Å². The van der Waals surface area contributed by atoms with Gasteiger partial charge in [-0.2, -0.15) is 0 Å². The first-order valence-electron chi connectivity index (χ1n) is 6.45. The summed E-state index contributed by atoms with van der Waals surface area (Å²) in [5.41, 5.74) is 0.834. The Morgan fingerprint density at radius 1 is 1.39 bits per heavy atom. The van der Waals surface area contributed by atoms with Crippen LogP contribution >= 0.6 is 0 Å². The number of carbonyl (C=O) groups is 1. The van der Waals surface area contributed by atoms with Crippen LogP contribution in [0.2, 0.25) is 0 Å². The molecule has 1 atom stereocenters. The van der Waals surface area contributed by atoms with E-state index in [9.17, 15) is 9.18 Å². The van der Waals surface area contributed by atoms with E-state index < -0.39 is 0 Å². The highest BCUT2D eigenvalue weighted by molar-refractivity contribution is 5.81. The molecule has 1 N–H and O–H groups in total. The van der Waals surface area contributed by atoms with Crippen molar-refractivity contribution in [1.29, 1.82) is 0 Å². The number of nitrogens with zero attached hydrogens (tertiary/aromatic N) is 1. The van der Waals surface area contributed by atoms with Crippen molar-refractivity contribution in [3.8, 4) is 0 Å². The molecule has 1 aromatic carbocycles. The Kier molecular flexibility index (Phi) is 2.82. The zero-order valence-corrected chi connectivity index (χ0v) is 10.4. The summed E-state index contributed by atoms with van der Waals surface area (Å²) in [6, 6.07) is 6.81. The lowest BCUT2D eigenvalue weighted by Crippen LogP contribution is -2.46. The van der Waals surface area contributed by atoms with E-state index in [1.165, 1.54) is 12.1 Å². The Hall–Kier alpha value is -1.42. The topological polar surface area (TPSA) is 32.3 Å². The Bertz CT molecular complexity index is 471. The van der Waals surface area contributed by atoms with Crippen molar-refractivity contribution < 1.29 is 9.18 Å². The van der Waals surface area contributed by atoms with Crippen molar-refractivity contribution in [1.82, 2.24) is 10.2 Å². The van der Waals surface area contributed by atoms with Gasteiger partial charge >= 0.3 is 0 Å². The first-order valence-corrected chi connectivity index (χ1v) is 6.45. The summed E-state index contributed by atoms with van der Waals surface area (Å²) < 4.78 is 13.3. The van der Waals surface area contributed by atoms with Crippen LogP contribution < -0.4 is 5.32 Å². The van der Waals surface area contributed by atoms with Crippen LogP contribution in [0.5, 0.6) is 0 Å². The SMILES string of the molecule is CC1CC(N2C(=O)CNC2c2cccc(F)c2)C1. The van der Waals surface area contributed by atoms with E-state index in [0.29, 0.717) is 18.5 Å². The van der Waals surface area contributed by atoms with Crippen molar-refractivity contribution in [2.45, 2.75) is 32.0 Å². The Morgan fingerprint density at radius 3 is 2.83 bits per heavy atom. The molecule has 2 aliphatic rings. The number of hydrogen-bond acceptors (Lipinski definition) is 2. The van der Waals surface area contributed by atoms with E-state index in [4.69, 9.17) is 0 Å². The third-order valence-electron chi connectivity index (χ3n) is 3.92. The number of rotatable bonds is 2. The molecule has 0 aromatic heterocycles. The van der Waals surface area contributed by atoms with Gasteiger partial charge in [-0.3, -0.25) is 10.1 Å². The fourth-order valence-electron chi connectivity index (χ4n) is 2.97. The van der Waals surface area contributed by atoms with Gasteiger partial charge in [0, 0.05) is 6.04 Å². The summed E-state index contributed by atoms with van der Waals surface area (Å²) in [4.78, 5) is 13.9. The third kappa shape index (κ3) is 1.90. The molecule has 0 bridgehead atoms. The number of nitrogens with one attached hydrogen (secondary N) is 1. The summed E-state index contributed by atoms with van der Waals surface area (Å²) >= 11 is 0. The van der Waals surface area contributed by atoms with E-state index in [1.54, 1.807) is 6.07 Å². The average molecular weight is 248 g/mol. The first kappa shape index (κ1) is 11.7. The molecular weight excluding hydrogens is 231 g/mol. The second-order valence-corrected chi connectivity index (χ2v) is 5.37. The van der Waals surface area contributed by atoms with Crippen molar-refractivity contribution >= 4 is 5.91 Å². The maximum Gasteiger partial charge on any atom is 0.238 e. The van der Waals surface area contributed by atoms with Crippen LogP contribution in [0.25, 0.3) is 0 Å². The van der Waals surface area contributed by atoms with Crippen LogP contribution in [0.3, 0.4) is 0 Å². The summed E-state index contributed by atoms with van der Waals surface area (Å²) in [5, 5.41) is 3.17. The van der Waals surface area contributed by atoms with Crippen LogP contribution in [0.1, 0.15) is 31.5 Å². The maximum absolute atomic E-state index is 13.3. The largest absolute Gasteiger partial charge is 0.319 e. The molecule has 1 saturated heterocycles. The van der Waals surface area contributed by atoms with Gasteiger partial charge in [0.05, 0.1) is 6.54 Å². The molecule has 0 spiro atoms. The molecule has 2 fully saturated rings. The Morgan fingerprint density at radius 2 is 2.17 bits per heavy atom. The van der Waals surface area contributed by atoms with Crippen molar-refractivity contribution in [2.75, 3.05) is 6.54 Å². The molecule has 96 valence electrons. The standard InChI is InChI=1S/C14H17FN2O/c1-9-5-12(6-9)17-13(18)8-16-14(17)10-3-2-4-11(15)7-10/h2-4,7,9,12,14,16H,5-6,8H2,1H3. The van der Waals surface area contributed by atoms with E-state index in [0.717, 1.165) is 18.4 Å². The van der Waals surface area contributed by atoms with Gasteiger partial charge in [-0.15, -0.1) is 0 Å². The molecule has 3 rings (SSSR count). The van der Waals surface area contributed by atoms with E-state index in [2.05, 4.69) is 12.2 Å². The normalized spacial score (nSPS) is 31.6. The molecule has 1 heterocycles. The monoisotopic (exact) mass is 248 g/mol. The lowest BCUT2D eigenvalue weighted by molar-refractivity contribution is -0.133. The molecule has 1 aliphatic heterocycles. The van der Waals surface area contributed by atoms with E-state index in [-0.39, 0.29) is 17.9 Å². The van der Waals surface area contributed by atoms with Crippen molar-refractivity contribution in [3.63, 3.8) is 0 Å². The molecule has 1 aliphatic carbocycles. The molecule has 4 heteroatoms. The maximum atomic E-state index is 13.3. The van der Waals surface area contributed by atoms with Gasteiger partial charge in [0.2, 0.25) is 5.91 Å². The summed E-state index contributed by atoms with van der Waals surface area (Å²) in [6.45, 7) is 2.55.